The van der Waals surface area contributed by atoms with Crippen molar-refractivity contribution >= 4 is 5.97 Å². The second kappa shape index (κ2) is 4.47. The molecule has 0 aliphatic carbocycles. The standard InChI is InChI=1S/C11H11NO3/c1-7-3-4-9(6-12)5-10(7)15-8(2)11(13)14/h3-5,8H,1-2H3,(H,13,14)/t8-/m0/s1. The molecule has 1 atom stereocenters. The molecule has 0 radical (unpaired) electrons. The minimum Gasteiger partial charge on any atom is -0.479 e. The summed E-state index contributed by atoms with van der Waals surface area (Å²) in [5.41, 5.74) is 1.26. The summed E-state index contributed by atoms with van der Waals surface area (Å²) in [4.78, 5) is 10.6. The lowest BCUT2D eigenvalue weighted by atomic mass is 10.1. The van der Waals surface area contributed by atoms with E-state index in [1.54, 1.807) is 19.1 Å². The van der Waals surface area contributed by atoms with Gasteiger partial charge in [-0.1, -0.05) is 6.07 Å². The number of aryl methyl sites for hydroxylation is 1. The Morgan fingerprint density at radius 3 is 2.80 bits per heavy atom. The van der Waals surface area contributed by atoms with Gasteiger partial charge in [-0.2, -0.15) is 5.26 Å². The molecule has 4 heteroatoms. The molecule has 0 heterocycles. The van der Waals surface area contributed by atoms with Crippen molar-refractivity contribution in [3.8, 4) is 11.8 Å². The highest BCUT2D eigenvalue weighted by Gasteiger charge is 2.13. The molecule has 78 valence electrons. The molecule has 0 saturated carbocycles. The van der Waals surface area contributed by atoms with E-state index in [0.717, 1.165) is 5.56 Å². The summed E-state index contributed by atoms with van der Waals surface area (Å²) in [5, 5.41) is 17.3. The lowest BCUT2D eigenvalue weighted by molar-refractivity contribution is -0.144. The predicted octanol–water partition coefficient (Wildman–Crippen LogP) is 1.72. The molecule has 0 amide bonds. The van der Waals surface area contributed by atoms with Crippen LogP contribution in [-0.4, -0.2) is 17.2 Å². The van der Waals surface area contributed by atoms with Crippen LogP contribution >= 0.6 is 0 Å². The Hall–Kier alpha value is -2.02. The maximum absolute atomic E-state index is 10.6. The van der Waals surface area contributed by atoms with Gasteiger partial charge in [-0.25, -0.2) is 4.79 Å². The van der Waals surface area contributed by atoms with E-state index in [4.69, 9.17) is 15.1 Å². The van der Waals surface area contributed by atoms with Crippen molar-refractivity contribution in [1.82, 2.24) is 0 Å². The smallest absolute Gasteiger partial charge is 0.344 e. The van der Waals surface area contributed by atoms with Crippen molar-refractivity contribution < 1.29 is 14.6 Å². The monoisotopic (exact) mass is 205 g/mol. The Balaban J connectivity index is 2.94. The number of aliphatic carboxylic acids is 1. The summed E-state index contributed by atoms with van der Waals surface area (Å²) in [6, 6.07) is 6.89. The fourth-order valence-electron chi connectivity index (χ4n) is 1.04. The van der Waals surface area contributed by atoms with Crippen LogP contribution < -0.4 is 4.74 Å². The van der Waals surface area contributed by atoms with Crippen molar-refractivity contribution in [2.75, 3.05) is 0 Å². The Morgan fingerprint density at radius 2 is 2.27 bits per heavy atom. The minimum atomic E-state index is -1.03. The number of benzene rings is 1. The highest BCUT2D eigenvalue weighted by atomic mass is 16.5. The maximum Gasteiger partial charge on any atom is 0.344 e. The molecule has 0 aliphatic rings. The quantitative estimate of drug-likeness (QED) is 0.815. The molecule has 15 heavy (non-hydrogen) atoms. The topological polar surface area (TPSA) is 70.3 Å². The maximum atomic E-state index is 10.6. The van der Waals surface area contributed by atoms with Crippen molar-refractivity contribution in [3.63, 3.8) is 0 Å². The molecule has 1 aromatic carbocycles. The van der Waals surface area contributed by atoms with Crippen LogP contribution in [0.3, 0.4) is 0 Å². The van der Waals surface area contributed by atoms with Gasteiger partial charge in [0.05, 0.1) is 11.6 Å². The van der Waals surface area contributed by atoms with Gasteiger partial charge < -0.3 is 9.84 Å². The van der Waals surface area contributed by atoms with Crippen molar-refractivity contribution in [1.29, 1.82) is 5.26 Å². The number of carbonyl (C=O) groups is 1. The Labute approximate surface area is 87.7 Å². The SMILES string of the molecule is Cc1ccc(C#N)cc1O[C@@H](C)C(=O)O. The third-order valence-corrected chi connectivity index (χ3v) is 1.97. The number of carboxylic acid groups (broad SMARTS) is 1. The number of carboxylic acids is 1. The lowest BCUT2D eigenvalue weighted by Gasteiger charge is -2.12. The highest BCUT2D eigenvalue weighted by Crippen LogP contribution is 2.20. The van der Waals surface area contributed by atoms with E-state index >= 15 is 0 Å². The van der Waals surface area contributed by atoms with Crippen molar-refractivity contribution in [3.05, 3.63) is 29.3 Å². The zero-order chi connectivity index (χ0) is 11.4. The molecular weight excluding hydrogens is 194 g/mol. The van der Waals surface area contributed by atoms with Crippen LogP contribution in [0.4, 0.5) is 0 Å². The first-order chi connectivity index (χ1) is 7.04. The summed E-state index contributed by atoms with van der Waals surface area (Å²) >= 11 is 0. The van der Waals surface area contributed by atoms with E-state index < -0.39 is 12.1 Å². The first-order valence-corrected chi connectivity index (χ1v) is 4.45. The summed E-state index contributed by atoms with van der Waals surface area (Å²) < 4.78 is 5.20. The van der Waals surface area contributed by atoms with Crippen LogP contribution in [0.5, 0.6) is 5.75 Å². The fourth-order valence-corrected chi connectivity index (χ4v) is 1.04. The van der Waals surface area contributed by atoms with E-state index in [9.17, 15) is 4.79 Å². The number of hydrogen-bond acceptors (Lipinski definition) is 3. The third-order valence-electron chi connectivity index (χ3n) is 1.97. The molecule has 0 unspecified atom stereocenters. The summed E-state index contributed by atoms with van der Waals surface area (Å²) in [5.74, 6) is -0.597. The Bertz CT molecular complexity index is 420. The van der Waals surface area contributed by atoms with Crippen LogP contribution in [0.2, 0.25) is 0 Å². The molecule has 0 bridgehead atoms. The summed E-state index contributed by atoms with van der Waals surface area (Å²) in [7, 11) is 0. The molecule has 0 aliphatic heterocycles. The van der Waals surface area contributed by atoms with Gasteiger partial charge in [-0.15, -0.1) is 0 Å². The normalized spacial score (nSPS) is 11.5. The first kappa shape index (κ1) is 11.1. The molecule has 1 N–H and O–H groups in total. The molecular formula is C11H11NO3. The fraction of sp³-hybridized carbons (Fsp3) is 0.273. The zero-order valence-electron chi connectivity index (χ0n) is 8.52. The Kier molecular flexibility index (Phi) is 3.29. The zero-order valence-corrected chi connectivity index (χ0v) is 8.52. The van der Waals surface area contributed by atoms with Gasteiger partial charge in [0.25, 0.3) is 0 Å². The molecule has 0 aromatic heterocycles. The molecule has 4 nitrogen and oxygen atoms in total. The van der Waals surface area contributed by atoms with Crippen LogP contribution in [0.1, 0.15) is 18.1 Å². The molecule has 1 rings (SSSR count). The summed E-state index contributed by atoms with van der Waals surface area (Å²) in [6.07, 6.45) is -0.919. The van der Waals surface area contributed by atoms with E-state index in [0.29, 0.717) is 11.3 Å². The van der Waals surface area contributed by atoms with Gasteiger partial charge >= 0.3 is 5.97 Å². The molecule has 0 spiro atoms. The third kappa shape index (κ3) is 2.71. The Morgan fingerprint density at radius 1 is 1.60 bits per heavy atom. The van der Waals surface area contributed by atoms with Gasteiger partial charge in [0.15, 0.2) is 6.10 Å². The van der Waals surface area contributed by atoms with Gasteiger partial charge in [0.1, 0.15) is 5.75 Å². The van der Waals surface area contributed by atoms with Crippen LogP contribution in [0.15, 0.2) is 18.2 Å². The van der Waals surface area contributed by atoms with Crippen LogP contribution in [0, 0.1) is 18.3 Å². The van der Waals surface area contributed by atoms with Crippen molar-refractivity contribution in [2.24, 2.45) is 0 Å². The van der Waals surface area contributed by atoms with E-state index in [-0.39, 0.29) is 0 Å². The van der Waals surface area contributed by atoms with Crippen molar-refractivity contribution in [2.45, 2.75) is 20.0 Å². The molecule has 0 saturated heterocycles. The molecule has 0 fully saturated rings. The number of nitrogens with zero attached hydrogens (tertiary/aromatic N) is 1. The van der Waals surface area contributed by atoms with Gasteiger partial charge in [0.2, 0.25) is 0 Å². The minimum absolute atomic E-state index is 0.434. The number of nitriles is 1. The second-order valence-electron chi connectivity index (χ2n) is 3.19. The van der Waals surface area contributed by atoms with Crippen LogP contribution in [0.25, 0.3) is 0 Å². The van der Waals surface area contributed by atoms with Gasteiger partial charge in [0, 0.05) is 0 Å². The van der Waals surface area contributed by atoms with Crippen LogP contribution in [-0.2, 0) is 4.79 Å². The highest BCUT2D eigenvalue weighted by molar-refractivity contribution is 5.72. The lowest BCUT2D eigenvalue weighted by Crippen LogP contribution is -2.23. The average molecular weight is 205 g/mol. The second-order valence-corrected chi connectivity index (χ2v) is 3.19. The predicted molar refractivity (Wildman–Crippen MR) is 53.6 cm³/mol. The van der Waals surface area contributed by atoms with Gasteiger partial charge in [-0.05, 0) is 31.5 Å². The number of ether oxygens (including phenoxy) is 1. The molecule has 1 aromatic rings. The van der Waals surface area contributed by atoms with E-state index in [1.165, 1.54) is 13.0 Å². The summed E-state index contributed by atoms with van der Waals surface area (Å²) in [6.45, 7) is 3.24. The number of hydrogen-bond donors (Lipinski definition) is 1. The first-order valence-electron chi connectivity index (χ1n) is 4.45. The van der Waals surface area contributed by atoms with E-state index in [2.05, 4.69) is 0 Å². The largest absolute Gasteiger partial charge is 0.479 e. The van der Waals surface area contributed by atoms with Gasteiger partial charge in [-0.3, -0.25) is 0 Å². The average Bonchev–Trinajstić information content (AvgIpc) is 2.21. The number of rotatable bonds is 3. The van der Waals surface area contributed by atoms with E-state index in [1.807, 2.05) is 6.07 Å².